The van der Waals surface area contributed by atoms with Gasteiger partial charge in [0.15, 0.2) is 0 Å². The molecule has 2 nitrogen and oxygen atoms in total. The molecule has 2 N–H and O–H groups in total. The molecule has 1 heterocycles. The zero-order valence-corrected chi connectivity index (χ0v) is 7.27. The third kappa shape index (κ3) is 3.44. The van der Waals surface area contributed by atoms with Gasteiger partial charge < -0.3 is 5.73 Å². The van der Waals surface area contributed by atoms with E-state index in [0.717, 1.165) is 6.54 Å². The van der Waals surface area contributed by atoms with Crippen LogP contribution in [0, 0.1) is 23.7 Å². The van der Waals surface area contributed by atoms with E-state index in [0.29, 0.717) is 6.54 Å². The quantitative estimate of drug-likeness (QED) is 0.552. The highest BCUT2D eigenvalue weighted by atomic mass is 15.1. The van der Waals surface area contributed by atoms with Crippen molar-refractivity contribution in [2.75, 3.05) is 26.2 Å². The van der Waals surface area contributed by atoms with Gasteiger partial charge in [-0.05, 0) is 37.8 Å². The molecule has 1 aliphatic rings. The Balaban J connectivity index is 2.17. The van der Waals surface area contributed by atoms with E-state index in [-0.39, 0.29) is 0 Å². The molecular formula is C10H14N2. The van der Waals surface area contributed by atoms with Crippen LogP contribution in [0.5, 0.6) is 0 Å². The minimum Gasteiger partial charge on any atom is -0.320 e. The maximum absolute atomic E-state index is 5.18. The fourth-order valence-electron chi connectivity index (χ4n) is 1.23. The lowest BCUT2D eigenvalue weighted by Gasteiger charge is -2.07. The van der Waals surface area contributed by atoms with Gasteiger partial charge >= 0.3 is 0 Å². The number of nitrogens with zero attached hydrogens (tertiary/aromatic N) is 1. The van der Waals surface area contributed by atoms with Crippen molar-refractivity contribution in [1.82, 2.24) is 4.90 Å². The van der Waals surface area contributed by atoms with Gasteiger partial charge in [0.2, 0.25) is 0 Å². The Labute approximate surface area is 74.1 Å². The molecule has 1 rings (SSSR count). The van der Waals surface area contributed by atoms with E-state index < -0.39 is 0 Å². The van der Waals surface area contributed by atoms with Gasteiger partial charge in [-0.1, -0.05) is 11.8 Å². The standard InChI is InChI=1S/C10H14N2/c11-7-3-1-2-4-8-12-9-5-6-10-12/h5-11H2. The minimum absolute atomic E-state index is 0.401. The van der Waals surface area contributed by atoms with Crippen molar-refractivity contribution < 1.29 is 0 Å². The molecule has 0 aromatic heterocycles. The van der Waals surface area contributed by atoms with Crippen molar-refractivity contribution in [2.45, 2.75) is 12.8 Å². The van der Waals surface area contributed by atoms with E-state index in [1.54, 1.807) is 0 Å². The first kappa shape index (κ1) is 9.13. The molecule has 1 fully saturated rings. The van der Waals surface area contributed by atoms with Crippen LogP contribution in [0.2, 0.25) is 0 Å². The Morgan fingerprint density at radius 3 is 2.42 bits per heavy atom. The second kappa shape index (κ2) is 5.66. The van der Waals surface area contributed by atoms with Crippen LogP contribution >= 0.6 is 0 Å². The van der Waals surface area contributed by atoms with Gasteiger partial charge in [-0.2, -0.15) is 0 Å². The van der Waals surface area contributed by atoms with Gasteiger partial charge in [-0.3, -0.25) is 4.90 Å². The van der Waals surface area contributed by atoms with E-state index in [2.05, 4.69) is 28.6 Å². The monoisotopic (exact) mass is 162 g/mol. The van der Waals surface area contributed by atoms with Crippen molar-refractivity contribution in [1.29, 1.82) is 0 Å². The number of likely N-dealkylation sites (tertiary alicyclic amines) is 1. The van der Waals surface area contributed by atoms with Crippen molar-refractivity contribution in [3.05, 3.63) is 0 Å². The van der Waals surface area contributed by atoms with E-state index in [1.165, 1.54) is 25.9 Å². The molecule has 0 aromatic rings. The molecule has 0 atom stereocenters. The molecule has 64 valence electrons. The molecule has 0 amide bonds. The van der Waals surface area contributed by atoms with Gasteiger partial charge in [0.25, 0.3) is 0 Å². The molecule has 1 aliphatic heterocycles. The van der Waals surface area contributed by atoms with Crippen LogP contribution in [0.4, 0.5) is 0 Å². The van der Waals surface area contributed by atoms with E-state index in [1.807, 2.05) is 0 Å². The molecule has 2 heteroatoms. The summed E-state index contributed by atoms with van der Waals surface area (Å²) in [5, 5.41) is 0. The highest BCUT2D eigenvalue weighted by Crippen LogP contribution is 2.05. The average molecular weight is 162 g/mol. The number of hydrogen-bond acceptors (Lipinski definition) is 2. The Bertz CT molecular complexity index is 230. The van der Waals surface area contributed by atoms with Crippen molar-refractivity contribution in [2.24, 2.45) is 5.73 Å². The highest BCUT2D eigenvalue weighted by molar-refractivity contribution is 5.26. The molecule has 0 radical (unpaired) electrons. The highest BCUT2D eigenvalue weighted by Gasteiger charge is 2.08. The van der Waals surface area contributed by atoms with Gasteiger partial charge in [0.1, 0.15) is 0 Å². The van der Waals surface area contributed by atoms with Crippen LogP contribution in [-0.2, 0) is 0 Å². The zero-order valence-electron chi connectivity index (χ0n) is 7.27. The summed E-state index contributed by atoms with van der Waals surface area (Å²) in [6.45, 7) is 3.65. The van der Waals surface area contributed by atoms with Crippen molar-refractivity contribution in [3.63, 3.8) is 0 Å². The van der Waals surface area contributed by atoms with E-state index in [4.69, 9.17) is 5.73 Å². The van der Waals surface area contributed by atoms with Crippen molar-refractivity contribution >= 4 is 0 Å². The lowest BCUT2D eigenvalue weighted by atomic mass is 10.4. The maximum Gasteiger partial charge on any atom is 0.0611 e. The first-order chi connectivity index (χ1) is 5.93. The third-order valence-corrected chi connectivity index (χ3v) is 1.84. The molecule has 0 aliphatic carbocycles. The Morgan fingerprint density at radius 2 is 1.75 bits per heavy atom. The molecule has 1 saturated heterocycles. The van der Waals surface area contributed by atoms with Crippen LogP contribution in [0.25, 0.3) is 0 Å². The van der Waals surface area contributed by atoms with E-state index >= 15 is 0 Å². The number of hydrogen-bond donors (Lipinski definition) is 1. The topological polar surface area (TPSA) is 29.3 Å². The van der Waals surface area contributed by atoms with E-state index in [9.17, 15) is 0 Å². The summed E-state index contributed by atoms with van der Waals surface area (Å²) in [6.07, 6.45) is 2.63. The smallest absolute Gasteiger partial charge is 0.0611 e. The largest absolute Gasteiger partial charge is 0.320 e. The molecular weight excluding hydrogens is 148 g/mol. The molecule has 0 saturated carbocycles. The summed E-state index contributed by atoms with van der Waals surface area (Å²) in [7, 11) is 0. The predicted molar refractivity (Wildman–Crippen MR) is 50.3 cm³/mol. The lowest BCUT2D eigenvalue weighted by Crippen LogP contribution is -2.18. The summed E-state index contributed by atoms with van der Waals surface area (Å²) < 4.78 is 0. The molecule has 0 spiro atoms. The molecule has 12 heavy (non-hydrogen) atoms. The minimum atomic E-state index is 0.401. The first-order valence-electron chi connectivity index (χ1n) is 4.31. The summed E-state index contributed by atoms with van der Waals surface area (Å²) in [5.74, 6) is 11.2. The summed E-state index contributed by atoms with van der Waals surface area (Å²) in [5.41, 5.74) is 5.18. The Hall–Kier alpha value is -0.960. The van der Waals surface area contributed by atoms with Crippen LogP contribution in [0.1, 0.15) is 12.8 Å². The first-order valence-corrected chi connectivity index (χ1v) is 4.31. The fraction of sp³-hybridized carbons (Fsp3) is 0.600. The Kier molecular flexibility index (Phi) is 4.31. The molecule has 0 unspecified atom stereocenters. The average Bonchev–Trinajstić information content (AvgIpc) is 2.57. The van der Waals surface area contributed by atoms with Crippen LogP contribution < -0.4 is 5.73 Å². The number of nitrogens with two attached hydrogens (primary N) is 1. The third-order valence-electron chi connectivity index (χ3n) is 1.84. The summed E-state index contributed by atoms with van der Waals surface area (Å²) in [6, 6.07) is 0. The van der Waals surface area contributed by atoms with Gasteiger partial charge in [0.05, 0.1) is 13.1 Å². The van der Waals surface area contributed by atoms with Crippen LogP contribution in [-0.4, -0.2) is 31.1 Å². The summed E-state index contributed by atoms with van der Waals surface area (Å²) >= 11 is 0. The van der Waals surface area contributed by atoms with Crippen molar-refractivity contribution in [3.8, 4) is 23.7 Å². The molecule has 0 aromatic carbocycles. The Morgan fingerprint density at radius 1 is 1.08 bits per heavy atom. The second-order valence-electron chi connectivity index (χ2n) is 2.79. The van der Waals surface area contributed by atoms with Gasteiger partial charge in [-0.15, -0.1) is 0 Å². The predicted octanol–water partition coefficient (Wildman–Crippen LogP) is 0.0477. The lowest BCUT2D eigenvalue weighted by molar-refractivity contribution is 0.383. The maximum atomic E-state index is 5.18. The number of rotatable bonds is 1. The fourth-order valence-corrected chi connectivity index (χ4v) is 1.23. The van der Waals surface area contributed by atoms with Crippen LogP contribution in [0.3, 0.4) is 0 Å². The SMILES string of the molecule is NCC#CC#CCN1CCCC1. The van der Waals surface area contributed by atoms with Gasteiger partial charge in [0, 0.05) is 0 Å². The van der Waals surface area contributed by atoms with Crippen LogP contribution in [0.15, 0.2) is 0 Å². The normalized spacial score (nSPS) is 16.1. The van der Waals surface area contributed by atoms with Gasteiger partial charge in [-0.25, -0.2) is 0 Å². The summed E-state index contributed by atoms with van der Waals surface area (Å²) in [4.78, 5) is 2.34. The second-order valence-corrected chi connectivity index (χ2v) is 2.79. The zero-order chi connectivity index (χ0) is 8.65. The molecule has 0 bridgehead atoms.